The highest BCUT2D eigenvalue weighted by molar-refractivity contribution is 6.13. The van der Waals surface area contributed by atoms with E-state index in [1.807, 2.05) is 0 Å². The largest absolute Gasteiger partial charge is 0.455 e. The quantitative estimate of drug-likeness (QED) is 0.181. The zero-order valence-corrected chi connectivity index (χ0v) is 29.6. The van der Waals surface area contributed by atoms with Gasteiger partial charge in [-0.25, -0.2) is 0 Å². The maximum Gasteiger partial charge on any atom is 0.143 e. The molecule has 0 saturated heterocycles. The van der Waals surface area contributed by atoms with Crippen molar-refractivity contribution in [2.45, 2.75) is 19.3 Å². The lowest BCUT2D eigenvalue weighted by atomic mass is 9.82. The van der Waals surface area contributed by atoms with Gasteiger partial charge in [-0.15, -0.1) is 0 Å². The van der Waals surface area contributed by atoms with E-state index in [-0.39, 0.29) is 5.41 Å². The van der Waals surface area contributed by atoms with Gasteiger partial charge in [-0.05, 0) is 98.6 Å². The number of nitrogens with zero attached hydrogens (tertiary/aromatic N) is 1. The number of benzene rings is 8. The van der Waals surface area contributed by atoms with Crippen molar-refractivity contribution in [1.82, 2.24) is 4.57 Å². The first kappa shape index (κ1) is 30.0. The van der Waals surface area contributed by atoms with Gasteiger partial charge >= 0.3 is 0 Å². The maximum absolute atomic E-state index is 6.62. The number of fused-ring (bicyclic) bond motifs is 10. The Bertz CT molecular complexity index is 3050. The summed E-state index contributed by atoms with van der Waals surface area (Å²) in [4.78, 5) is 0. The van der Waals surface area contributed by atoms with Gasteiger partial charge in [0.25, 0.3) is 0 Å². The van der Waals surface area contributed by atoms with Gasteiger partial charge in [0, 0.05) is 38.2 Å². The lowest BCUT2D eigenvalue weighted by Gasteiger charge is -2.21. The number of rotatable bonds is 4. The van der Waals surface area contributed by atoms with E-state index in [0.717, 1.165) is 16.9 Å². The van der Waals surface area contributed by atoms with E-state index in [0.29, 0.717) is 0 Å². The van der Waals surface area contributed by atoms with Crippen LogP contribution in [-0.4, -0.2) is 4.57 Å². The molecule has 10 aromatic rings. The number of furan rings is 1. The molecule has 2 nitrogen and oxygen atoms in total. The van der Waals surface area contributed by atoms with Crippen molar-refractivity contribution in [3.8, 4) is 50.2 Å². The van der Waals surface area contributed by atoms with E-state index >= 15 is 0 Å². The van der Waals surface area contributed by atoms with Crippen LogP contribution in [-0.2, 0) is 5.41 Å². The SMILES string of the molecule is CC1(C)c2ccc(-c3ccc4c(c3)c3cc(-c5ccc(-c6ccccc6)cc5)ccc3n4-c3ccccc3)cc2-c2c1ccc1c2oc2ccccc21. The molecular weight excluding hydrogens is 643 g/mol. The van der Waals surface area contributed by atoms with Crippen LogP contribution in [0.15, 0.2) is 180 Å². The fourth-order valence-corrected chi connectivity index (χ4v) is 8.92. The van der Waals surface area contributed by atoms with Crippen LogP contribution in [0.25, 0.3) is 93.9 Å². The van der Waals surface area contributed by atoms with Crippen LogP contribution in [0.5, 0.6) is 0 Å². The van der Waals surface area contributed by atoms with Gasteiger partial charge in [0.05, 0.1) is 11.0 Å². The fraction of sp³-hybridized carbons (Fsp3) is 0.0588. The molecule has 0 unspecified atom stereocenters. The Balaban J connectivity index is 1.09. The lowest BCUT2D eigenvalue weighted by molar-refractivity contribution is 0.653. The standard InChI is InChI=1S/C51H35NO/c1-51(2)44-25-21-36(31-43(44)49-45(51)26-24-40-39-15-9-10-16-48(39)53-50(40)49)37-23-28-47-42(30-37)41-29-35(22-27-46(41)52(47)38-13-7-4-8-14-38)34-19-17-33(18-20-34)32-11-5-3-6-12-32/h3-31H,1-2H3. The van der Waals surface area contributed by atoms with Gasteiger partial charge < -0.3 is 8.98 Å². The molecule has 0 spiro atoms. The Kier molecular flexibility index (Phi) is 6.33. The predicted octanol–water partition coefficient (Wildman–Crippen LogP) is 14.0. The molecule has 0 aliphatic heterocycles. The lowest BCUT2D eigenvalue weighted by Crippen LogP contribution is -2.14. The summed E-state index contributed by atoms with van der Waals surface area (Å²) in [6, 6.07) is 64.1. The second kappa shape index (κ2) is 11.2. The monoisotopic (exact) mass is 677 g/mol. The van der Waals surface area contributed by atoms with Crippen LogP contribution in [0.3, 0.4) is 0 Å². The second-order valence-electron chi connectivity index (χ2n) is 14.9. The molecule has 2 heteroatoms. The Hall–Kier alpha value is -6.64. The molecule has 53 heavy (non-hydrogen) atoms. The van der Waals surface area contributed by atoms with Gasteiger partial charge in [0.15, 0.2) is 0 Å². The summed E-state index contributed by atoms with van der Waals surface area (Å²) in [6.07, 6.45) is 0. The smallest absolute Gasteiger partial charge is 0.143 e. The average molecular weight is 678 g/mol. The Morgan fingerprint density at radius 3 is 1.66 bits per heavy atom. The van der Waals surface area contributed by atoms with Crippen molar-refractivity contribution in [3.05, 3.63) is 187 Å². The van der Waals surface area contributed by atoms with Crippen LogP contribution < -0.4 is 0 Å². The maximum atomic E-state index is 6.62. The van der Waals surface area contributed by atoms with Crippen molar-refractivity contribution in [2.75, 3.05) is 0 Å². The molecule has 2 aromatic heterocycles. The molecule has 0 saturated carbocycles. The van der Waals surface area contributed by atoms with E-state index in [2.05, 4.69) is 194 Å². The summed E-state index contributed by atoms with van der Waals surface area (Å²) < 4.78 is 9.01. The summed E-state index contributed by atoms with van der Waals surface area (Å²) >= 11 is 0. The van der Waals surface area contributed by atoms with Crippen LogP contribution >= 0.6 is 0 Å². The normalized spacial score (nSPS) is 13.2. The highest BCUT2D eigenvalue weighted by atomic mass is 16.3. The van der Waals surface area contributed by atoms with Crippen LogP contribution in [0.2, 0.25) is 0 Å². The first-order valence-corrected chi connectivity index (χ1v) is 18.4. The summed E-state index contributed by atoms with van der Waals surface area (Å²) in [6.45, 7) is 4.67. The fourth-order valence-electron chi connectivity index (χ4n) is 8.92. The van der Waals surface area contributed by atoms with Gasteiger partial charge in [-0.1, -0.05) is 141 Å². The highest BCUT2D eigenvalue weighted by Gasteiger charge is 2.38. The highest BCUT2D eigenvalue weighted by Crippen LogP contribution is 2.53. The molecule has 250 valence electrons. The van der Waals surface area contributed by atoms with E-state index < -0.39 is 0 Å². The molecule has 0 bridgehead atoms. The zero-order chi connectivity index (χ0) is 35.3. The van der Waals surface area contributed by atoms with Gasteiger partial charge in [-0.3, -0.25) is 0 Å². The summed E-state index contributed by atoms with van der Waals surface area (Å²) in [7, 11) is 0. The van der Waals surface area contributed by atoms with E-state index in [1.54, 1.807) is 0 Å². The van der Waals surface area contributed by atoms with Crippen molar-refractivity contribution < 1.29 is 4.42 Å². The van der Waals surface area contributed by atoms with Crippen molar-refractivity contribution >= 4 is 43.7 Å². The molecule has 1 aliphatic rings. The topological polar surface area (TPSA) is 18.1 Å². The van der Waals surface area contributed by atoms with Crippen LogP contribution in [0.1, 0.15) is 25.0 Å². The van der Waals surface area contributed by atoms with Gasteiger partial charge in [-0.2, -0.15) is 0 Å². The Morgan fingerprint density at radius 1 is 0.415 bits per heavy atom. The number of para-hydroxylation sites is 2. The van der Waals surface area contributed by atoms with E-state index in [9.17, 15) is 0 Å². The molecule has 0 radical (unpaired) electrons. The van der Waals surface area contributed by atoms with Crippen molar-refractivity contribution in [3.63, 3.8) is 0 Å². The first-order valence-electron chi connectivity index (χ1n) is 18.4. The molecule has 1 aliphatic carbocycles. The van der Waals surface area contributed by atoms with Gasteiger partial charge in [0.1, 0.15) is 11.2 Å². The van der Waals surface area contributed by atoms with Crippen LogP contribution in [0.4, 0.5) is 0 Å². The summed E-state index contributed by atoms with van der Waals surface area (Å²) in [5.74, 6) is 0. The summed E-state index contributed by atoms with van der Waals surface area (Å²) in [5, 5.41) is 4.82. The third-order valence-electron chi connectivity index (χ3n) is 11.6. The first-order chi connectivity index (χ1) is 26.0. The zero-order valence-electron chi connectivity index (χ0n) is 29.6. The number of aromatic nitrogens is 1. The molecule has 11 rings (SSSR count). The Morgan fingerprint density at radius 2 is 0.943 bits per heavy atom. The molecule has 2 heterocycles. The van der Waals surface area contributed by atoms with E-state index in [4.69, 9.17) is 4.42 Å². The van der Waals surface area contributed by atoms with Gasteiger partial charge in [0.2, 0.25) is 0 Å². The van der Waals surface area contributed by atoms with E-state index in [1.165, 1.54) is 88.2 Å². The molecule has 0 N–H and O–H groups in total. The minimum absolute atomic E-state index is 0.126. The minimum Gasteiger partial charge on any atom is -0.455 e. The van der Waals surface area contributed by atoms with Crippen LogP contribution in [0, 0.1) is 0 Å². The predicted molar refractivity (Wildman–Crippen MR) is 222 cm³/mol. The van der Waals surface area contributed by atoms with Crippen molar-refractivity contribution in [2.24, 2.45) is 0 Å². The average Bonchev–Trinajstić information content (AvgIpc) is 3.83. The molecular formula is C51H35NO. The molecule has 0 atom stereocenters. The minimum atomic E-state index is -0.126. The Labute approximate surface area is 308 Å². The second-order valence-corrected chi connectivity index (χ2v) is 14.9. The van der Waals surface area contributed by atoms with Crippen molar-refractivity contribution in [1.29, 1.82) is 0 Å². The summed E-state index contributed by atoms with van der Waals surface area (Å²) in [5.41, 5.74) is 17.8. The third-order valence-corrected chi connectivity index (χ3v) is 11.6. The third kappa shape index (κ3) is 4.45. The number of hydrogen-bond donors (Lipinski definition) is 0. The molecule has 0 fully saturated rings. The molecule has 8 aromatic carbocycles. The molecule has 0 amide bonds. The number of hydrogen-bond acceptors (Lipinski definition) is 1.